The van der Waals surface area contributed by atoms with Gasteiger partial charge in [0.2, 0.25) is 5.43 Å². The molecule has 0 fully saturated rings. The van der Waals surface area contributed by atoms with E-state index in [-0.39, 0.29) is 11.2 Å². The van der Waals surface area contributed by atoms with E-state index in [0.29, 0.717) is 34.6 Å². The minimum atomic E-state index is -0.288. The number of ether oxygens (including phenoxy) is 2. The van der Waals surface area contributed by atoms with E-state index in [9.17, 15) is 9.18 Å². The minimum Gasteiger partial charge on any atom is -0.497 e. The molecule has 0 aliphatic rings. The zero-order valence-electron chi connectivity index (χ0n) is 16.1. The van der Waals surface area contributed by atoms with E-state index in [2.05, 4.69) is 0 Å². The van der Waals surface area contributed by atoms with Gasteiger partial charge in [-0.25, -0.2) is 4.39 Å². The maximum absolute atomic E-state index is 13.1. The number of halogens is 1. The van der Waals surface area contributed by atoms with Crippen LogP contribution in [0, 0.1) is 12.7 Å². The molecule has 0 aliphatic heterocycles. The van der Waals surface area contributed by atoms with Crippen molar-refractivity contribution in [3.63, 3.8) is 0 Å². The quantitative estimate of drug-likeness (QED) is 0.452. The first kappa shape index (κ1) is 18.7. The Morgan fingerprint density at radius 2 is 1.62 bits per heavy atom. The average molecular weight is 390 g/mol. The number of benzene rings is 3. The summed E-state index contributed by atoms with van der Waals surface area (Å²) in [7, 11) is 1.60. The van der Waals surface area contributed by atoms with Crippen molar-refractivity contribution < 1.29 is 18.3 Å². The van der Waals surface area contributed by atoms with Crippen LogP contribution in [0.4, 0.5) is 4.39 Å². The molecule has 5 heteroatoms. The smallest absolute Gasteiger partial charge is 0.200 e. The van der Waals surface area contributed by atoms with Crippen molar-refractivity contribution in [2.24, 2.45) is 0 Å². The van der Waals surface area contributed by atoms with E-state index in [1.165, 1.54) is 12.1 Å². The second-order valence-corrected chi connectivity index (χ2v) is 6.66. The molecular weight excluding hydrogens is 371 g/mol. The molecule has 4 nitrogen and oxygen atoms in total. The Balaban J connectivity index is 1.65. The monoisotopic (exact) mass is 390 g/mol. The average Bonchev–Trinajstić information content (AvgIpc) is 2.73. The van der Waals surface area contributed by atoms with Gasteiger partial charge in [0, 0.05) is 6.07 Å². The van der Waals surface area contributed by atoms with E-state index < -0.39 is 0 Å². The van der Waals surface area contributed by atoms with Crippen LogP contribution in [-0.4, -0.2) is 7.11 Å². The van der Waals surface area contributed by atoms with Crippen LogP contribution in [0.1, 0.15) is 11.3 Å². The number of hydrogen-bond donors (Lipinski definition) is 0. The molecule has 1 heterocycles. The fourth-order valence-electron chi connectivity index (χ4n) is 3.21. The summed E-state index contributed by atoms with van der Waals surface area (Å²) in [6.07, 6.45) is 0. The van der Waals surface area contributed by atoms with Gasteiger partial charge in [-0.05, 0) is 54.4 Å². The molecule has 0 unspecified atom stereocenters. The van der Waals surface area contributed by atoms with Crippen LogP contribution < -0.4 is 14.9 Å². The van der Waals surface area contributed by atoms with E-state index >= 15 is 0 Å². The Labute approximate surface area is 167 Å². The third kappa shape index (κ3) is 3.85. The van der Waals surface area contributed by atoms with Gasteiger partial charge in [-0.15, -0.1) is 0 Å². The minimum absolute atomic E-state index is 0.0981. The molecule has 0 radical (unpaired) electrons. The molecule has 4 aromatic rings. The predicted molar refractivity (Wildman–Crippen MR) is 110 cm³/mol. The second kappa shape index (κ2) is 7.80. The lowest BCUT2D eigenvalue weighted by atomic mass is 10.0. The first-order valence-electron chi connectivity index (χ1n) is 9.14. The summed E-state index contributed by atoms with van der Waals surface area (Å²) in [5, 5.41) is 0.482. The fraction of sp³-hybridized carbons (Fsp3) is 0.125. The molecule has 0 atom stereocenters. The van der Waals surface area contributed by atoms with Crippen molar-refractivity contribution in [2.45, 2.75) is 13.5 Å². The van der Waals surface area contributed by atoms with Gasteiger partial charge >= 0.3 is 0 Å². The zero-order chi connectivity index (χ0) is 20.4. The highest BCUT2D eigenvalue weighted by atomic mass is 19.1. The Bertz CT molecular complexity index is 1210. The maximum atomic E-state index is 13.1. The summed E-state index contributed by atoms with van der Waals surface area (Å²) in [6, 6.07) is 18.5. The van der Waals surface area contributed by atoms with Crippen molar-refractivity contribution in [1.82, 2.24) is 0 Å². The van der Waals surface area contributed by atoms with E-state index in [1.807, 2.05) is 24.3 Å². The number of fused-ring (bicyclic) bond motifs is 1. The third-order valence-electron chi connectivity index (χ3n) is 4.74. The Hall–Kier alpha value is -3.60. The van der Waals surface area contributed by atoms with E-state index in [0.717, 1.165) is 16.9 Å². The highest BCUT2D eigenvalue weighted by molar-refractivity contribution is 5.83. The molecule has 0 spiro atoms. The normalized spacial score (nSPS) is 10.9. The van der Waals surface area contributed by atoms with Crippen molar-refractivity contribution >= 4 is 11.0 Å². The first-order chi connectivity index (χ1) is 14.0. The predicted octanol–water partition coefficient (Wildman–Crippen LogP) is 5.50. The second-order valence-electron chi connectivity index (χ2n) is 6.66. The van der Waals surface area contributed by atoms with Crippen LogP contribution in [0.2, 0.25) is 0 Å². The van der Waals surface area contributed by atoms with Gasteiger partial charge in [0.15, 0.2) is 0 Å². The van der Waals surface area contributed by atoms with Crippen LogP contribution >= 0.6 is 0 Å². The van der Waals surface area contributed by atoms with Gasteiger partial charge in [-0.1, -0.05) is 24.3 Å². The van der Waals surface area contributed by atoms with Gasteiger partial charge in [-0.2, -0.15) is 0 Å². The summed E-state index contributed by atoms with van der Waals surface area (Å²) in [5.74, 6) is 1.54. The molecule has 0 saturated carbocycles. The summed E-state index contributed by atoms with van der Waals surface area (Å²) < 4.78 is 29.9. The SMILES string of the molecule is COc1ccc(-c2c(C)oc3cc(OCc4ccc(F)cc4)ccc3c2=O)cc1. The van der Waals surface area contributed by atoms with E-state index in [1.54, 1.807) is 44.4 Å². The molecule has 1 aromatic heterocycles. The van der Waals surface area contributed by atoms with Gasteiger partial charge in [0.1, 0.15) is 35.3 Å². The molecule has 0 aliphatic carbocycles. The molecule has 0 N–H and O–H groups in total. The molecule has 146 valence electrons. The molecule has 0 saturated heterocycles. The summed E-state index contributed by atoms with van der Waals surface area (Å²) in [4.78, 5) is 13.1. The number of methoxy groups -OCH3 is 1. The van der Waals surface area contributed by atoms with Crippen molar-refractivity contribution in [2.75, 3.05) is 7.11 Å². The van der Waals surface area contributed by atoms with Crippen LogP contribution in [0.5, 0.6) is 11.5 Å². The summed E-state index contributed by atoms with van der Waals surface area (Å²) >= 11 is 0. The molecule has 3 aromatic carbocycles. The molecule has 4 rings (SSSR count). The van der Waals surface area contributed by atoms with Crippen LogP contribution in [0.15, 0.2) is 75.9 Å². The van der Waals surface area contributed by atoms with Gasteiger partial charge in [-0.3, -0.25) is 4.79 Å². The molecule has 0 bridgehead atoms. The topological polar surface area (TPSA) is 48.7 Å². The Morgan fingerprint density at radius 3 is 2.31 bits per heavy atom. The van der Waals surface area contributed by atoms with Crippen molar-refractivity contribution in [3.8, 4) is 22.6 Å². The lowest BCUT2D eigenvalue weighted by Gasteiger charge is -2.10. The van der Waals surface area contributed by atoms with Crippen molar-refractivity contribution in [3.05, 3.63) is 94.1 Å². The maximum Gasteiger partial charge on any atom is 0.200 e. The summed E-state index contributed by atoms with van der Waals surface area (Å²) in [5.41, 5.74) is 2.51. The molecule has 0 amide bonds. The number of hydrogen-bond acceptors (Lipinski definition) is 4. The Morgan fingerprint density at radius 1 is 0.931 bits per heavy atom. The molecular formula is C24H19FO4. The summed E-state index contributed by atoms with van der Waals surface area (Å²) in [6.45, 7) is 2.06. The van der Waals surface area contributed by atoms with Gasteiger partial charge < -0.3 is 13.9 Å². The Kier molecular flexibility index (Phi) is 5.04. The van der Waals surface area contributed by atoms with Crippen molar-refractivity contribution in [1.29, 1.82) is 0 Å². The zero-order valence-corrected chi connectivity index (χ0v) is 16.1. The first-order valence-corrected chi connectivity index (χ1v) is 9.14. The van der Waals surface area contributed by atoms with E-state index in [4.69, 9.17) is 13.9 Å². The highest BCUT2D eigenvalue weighted by Crippen LogP contribution is 2.27. The molecule has 29 heavy (non-hydrogen) atoms. The number of aryl methyl sites for hydroxylation is 1. The lowest BCUT2D eigenvalue weighted by Crippen LogP contribution is -2.07. The lowest BCUT2D eigenvalue weighted by molar-refractivity contribution is 0.306. The van der Waals surface area contributed by atoms with Gasteiger partial charge in [0.05, 0.1) is 18.1 Å². The largest absolute Gasteiger partial charge is 0.497 e. The highest BCUT2D eigenvalue weighted by Gasteiger charge is 2.14. The fourth-order valence-corrected chi connectivity index (χ4v) is 3.21. The third-order valence-corrected chi connectivity index (χ3v) is 4.74. The van der Waals surface area contributed by atoms with Crippen LogP contribution in [0.3, 0.4) is 0 Å². The number of rotatable bonds is 5. The van der Waals surface area contributed by atoms with Crippen LogP contribution in [-0.2, 0) is 6.61 Å². The van der Waals surface area contributed by atoms with Gasteiger partial charge in [0.25, 0.3) is 0 Å². The standard InChI is InChI=1S/C24H19FO4/c1-15-23(17-5-9-19(27-2)10-6-17)24(26)21-12-11-20(13-22(21)29-15)28-14-16-3-7-18(25)8-4-16/h3-13H,14H2,1-2H3. The van der Waals surface area contributed by atoms with Crippen LogP contribution in [0.25, 0.3) is 22.1 Å².